The molecule has 1 aliphatic rings. The second kappa shape index (κ2) is 6.33. The van der Waals surface area contributed by atoms with Crippen LogP contribution in [0.2, 0.25) is 0 Å². The third-order valence-corrected chi connectivity index (χ3v) is 4.34. The molecule has 0 spiro atoms. The highest BCUT2D eigenvalue weighted by Gasteiger charge is 2.26. The van der Waals surface area contributed by atoms with Crippen molar-refractivity contribution in [3.8, 4) is 0 Å². The molecule has 1 aliphatic carbocycles. The first-order valence-electron chi connectivity index (χ1n) is 7.63. The molecule has 2 atom stereocenters. The standard InChI is InChI=1S/C16H24N2O2/c1-4-11-6-5-7-12(8-11)15-17-9-13(16(19)20)14(18-15)10(2)3/h9-12H,4-8H2,1-3H3,(H,19,20). The van der Waals surface area contributed by atoms with Gasteiger partial charge in [0.25, 0.3) is 0 Å². The zero-order valence-corrected chi connectivity index (χ0v) is 12.6. The molecule has 0 aromatic carbocycles. The third-order valence-electron chi connectivity index (χ3n) is 4.34. The Morgan fingerprint density at radius 1 is 1.45 bits per heavy atom. The molecule has 1 aromatic rings. The van der Waals surface area contributed by atoms with Gasteiger partial charge < -0.3 is 5.11 Å². The van der Waals surface area contributed by atoms with E-state index >= 15 is 0 Å². The van der Waals surface area contributed by atoms with E-state index in [1.54, 1.807) is 0 Å². The molecule has 0 aliphatic heterocycles. The molecule has 1 N–H and O–H groups in total. The maximum Gasteiger partial charge on any atom is 0.339 e. The minimum absolute atomic E-state index is 0.105. The molecule has 2 rings (SSSR count). The Bertz CT molecular complexity index is 485. The fourth-order valence-corrected chi connectivity index (χ4v) is 3.11. The first-order valence-corrected chi connectivity index (χ1v) is 7.63. The number of carboxylic acids is 1. The zero-order chi connectivity index (χ0) is 14.7. The first kappa shape index (κ1) is 14.9. The smallest absolute Gasteiger partial charge is 0.339 e. The topological polar surface area (TPSA) is 63.1 Å². The first-order chi connectivity index (χ1) is 9.52. The molecule has 0 saturated heterocycles. The van der Waals surface area contributed by atoms with Gasteiger partial charge in [0, 0.05) is 12.1 Å². The van der Waals surface area contributed by atoms with Gasteiger partial charge in [-0.25, -0.2) is 14.8 Å². The van der Waals surface area contributed by atoms with Crippen LogP contribution >= 0.6 is 0 Å². The van der Waals surface area contributed by atoms with Crippen molar-refractivity contribution in [3.05, 3.63) is 23.3 Å². The van der Waals surface area contributed by atoms with Crippen LogP contribution in [0.15, 0.2) is 6.20 Å². The molecule has 20 heavy (non-hydrogen) atoms. The molecule has 0 radical (unpaired) electrons. The molecule has 1 saturated carbocycles. The molecule has 0 bridgehead atoms. The second-order valence-corrected chi connectivity index (χ2v) is 6.12. The summed E-state index contributed by atoms with van der Waals surface area (Å²) >= 11 is 0. The molecular weight excluding hydrogens is 252 g/mol. The van der Waals surface area contributed by atoms with Gasteiger partial charge >= 0.3 is 5.97 Å². The lowest BCUT2D eigenvalue weighted by molar-refractivity contribution is 0.0694. The number of rotatable bonds is 4. The summed E-state index contributed by atoms with van der Waals surface area (Å²) in [5.41, 5.74) is 0.910. The van der Waals surface area contributed by atoms with Crippen LogP contribution in [0, 0.1) is 5.92 Å². The van der Waals surface area contributed by atoms with Gasteiger partial charge in [-0.1, -0.05) is 40.0 Å². The summed E-state index contributed by atoms with van der Waals surface area (Å²) in [5.74, 6) is 1.17. The van der Waals surface area contributed by atoms with Gasteiger partial charge in [-0.2, -0.15) is 0 Å². The normalized spacial score (nSPS) is 23.0. The summed E-state index contributed by atoms with van der Waals surface area (Å²) in [4.78, 5) is 20.2. The largest absolute Gasteiger partial charge is 0.478 e. The van der Waals surface area contributed by atoms with Crippen LogP contribution in [0.3, 0.4) is 0 Å². The summed E-state index contributed by atoms with van der Waals surface area (Å²) < 4.78 is 0. The molecule has 110 valence electrons. The molecule has 0 amide bonds. The Labute approximate surface area is 120 Å². The van der Waals surface area contributed by atoms with E-state index in [1.807, 2.05) is 13.8 Å². The predicted molar refractivity (Wildman–Crippen MR) is 78.1 cm³/mol. The van der Waals surface area contributed by atoms with Crippen LogP contribution in [0.4, 0.5) is 0 Å². The third kappa shape index (κ3) is 3.17. The lowest BCUT2D eigenvalue weighted by Crippen LogP contribution is -2.18. The molecule has 1 aromatic heterocycles. The second-order valence-electron chi connectivity index (χ2n) is 6.12. The lowest BCUT2D eigenvalue weighted by atomic mass is 9.79. The van der Waals surface area contributed by atoms with E-state index < -0.39 is 5.97 Å². The molecule has 4 heteroatoms. The summed E-state index contributed by atoms with van der Waals surface area (Å²) in [7, 11) is 0. The van der Waals surface area contributed by atoms with Gasteiger partial charge in [0.15, 0.2) is 0 Å². The van der Waals surface area contributed by atoms with Crippen molar-refractivity contribution < 1.29 is 9.90 Å². The van der Waals surface area contributed by atoms with Gasteiger partial charge in [0.2, 0.25) is 0 Å². The van der Waals surface area contributed by atoms with Crippen LogP contribution in [0.1, 0.15) is 86.6 Å². The van der Waals surface area contributed by atoms with E-state index in [0.717, 1.165) is 24.6 Å². The van der Waals surface area contributed by atoms with E-state index in [1.165, 1.54) is 25.5 Å². The average Bonchev–Trinajstić information content (AvgIpc) is 2.46. The van der Waals surface area contributed by atoms with Gasteiger partial charge in [0.1, 0.15) is 5.82 Å². The van der Waals surface area contributed by atoms with Gasteiger partial charge in [-0.15, -0.1) is 0 Å². The van der Waals surface area contributed by atoms with E-state index in [9.17, 15) is 9.90 Å². The predicted octanol–water partition coefficient (Wildman–Crippen LogP) is 3.98. The van der Waals surface area contributed by atoms with Gasteiger partial charge in [-0.3, -0.25) is 0 Å². The number of aromatic carboxylic acids is 1. The summed E-state index contributed by atoms with van der Waals surface area (Å²) in [6, 6.07) is 0. The van der Waals surface area contributed by atoms with E-state index in [0.29, 0.717) is 11.6 Å². The Morgan fingerprint density at radius 3 is 2.80 bits per heavy atom. The Balaban J connectivity index is 2.28. The molecule has 4 nitrogen and oxygen atoms in total. The highest BCUT2D eigenvalue weighted by molar-refractivity contribution is 5.88. The van der Waals surface area contributed by atoms with Crippen molar-refractivity contribution in [2.45, 2.75) is 64.7 Å². The Hall–Kier alpha value is -1.45. The Kier molecular flexibility index (Phi) is 4.73. The molecular formula is C16H24N2O2. The van der Waals surface area contributed by atoms with Crippen molar-refractivity contribution in [3.63, 3.8) is 0 Å². The highest BCUT2D eigenvalue weighted by Crippen LogP contribution is 2.36. The molecule has 1 heterocycles. The number of carboxylic acid groups (broad SMARTS) is 1. The minimum atomic E-state index is -0.935. The lowest BCUT2D eigenvalue weighted by Gasteiger charge is -2.27. The minimum Gasteiger partial charge on any atom is -0.478 e. The van der Waals surface area contributed by atoms with Crippen molar-refractivity contribution in [2.75, 3.05) is 0 Å². The molecule has 1 fully saturated rings. The van der Waals surface area contributed by atoms with Gasteiger partial charge in [-0.05, 0) is 24.7 Å². The van der Waals surface area contributed by atoms with E-state index in [2.05, 4.69) is 16.9 Å². The summed E-state index contributed by atoms with van der Waals surface area (Å²) in [6.45, 7) is 6.20. The van der Waals surface area contributed by atoms with Crippen LogP contribution in [-0.4, -0.2) is 21.0 Å². The number of aromatic nitrogens is 2. The fourth-order valence-electron chi connectivity index (χ4n) is 3.11. The Morgan fingerprint density at radius 2 is 2.20 bits per heavy atom. The maximum absolute atomic E-state index is 11.2. The fraction of sp³-hybridized carbons (Fsp3) is 0.688. The average molecular weight is 276 g/mol. The monoisotopic (exact) mass is 276 g/mol. The van der Waals surface area contributed by atoms with Crippen LogP contribution in [-0.2, 0) is 0 Å². The van der Waals surface area contributed by atoms with Crippen molar-refractivity contribution >= 4 is 5.97 Å². The number of nitrogens with zero attached hydrogens (tertiary/aromatic N) is 2. The zero-order valence-electron chi connectivity index (χ0n) is 12.6. The van der Waals surface area contributed by atoms with Crippen molar-refractivity contribution in [1.29, 1.82) is 0 Å². The summed E-state index contributed by atoms with van der Waals surface area (Å²) in [6.07, 6.45) is 7.50. The van der Waals surface area contributed by atoms with Crippen LogP contribution in [0.5, 0.6) is 0 Å². The molecule has 2 unspecified atom stereocenters. The quantitative estimate of drug-likeness (QED) is 0.903. The number of hydrogen-bond acceptors (Lipinski definition) is 3. The van der Waals surface area contributed by atoms with Crippen molar-refractivity contribution in [1.82, 2.24) is 9.97 Å². The van der Waals surface area contributed by atoms with E-state index in [4.69, 9.17) is 0 Å². The maximum atomic E-state index is 11.2. The van der Waals surface area contributed by atoms with Crippen LogP contribution in [0.25, 0.3) is 0 Å². The SMILES string of the molecule is CCC1CCCC(c2ncc(C(=O)O)c(C(C)C)n2)C1. The number of hydrogen-bond donors (Lipinski definition) is 1. The van der Waals surface area contributed by atoms with E-state index in [-0.39, 0.29) is 11.5 Å². The van der Waals surface area contributed by atoms with Crippen LogP contribution < -0.4 is 0 Å². The van der Waals surface area contributed by atoms with Crippen molar-refractivity contribution in [2.24, 2.45) is 5.92 Å². The number of carbonyl (C=O) groups is 1. The summed E-state index contributed by atoms with van der Waals surface area (Å²) in [5, 5.41) is 9.22. The van der Waals surface area contributed by atoms with Gasteiger partial charge in [0.05, 0.1) is 11.3 Å². The highest BCUT2D eigenvalue weighted by atomic mass is 16.4.